The number of non-ortho nitro benzene ring substituents is 1. The van der Waals surface area contributed by atoms with Crippen molar-refractivity contribution in [3.8, 4) is 0 Å². The van der Waals surface area contributed by atoms with Gasteiger partial charge in [0, 0.05) is 18.1 Å². The van der Waals surface area contributed by atoms with Crippen LogP contribution >= 0.6 is 0 Å². The Kier molecular flexibility index (Phi) is 5.01. The first kappa shape index (κ1) is 18.8. The maximum atomic E-state index is 13.0. The maximum absolute atomic E-state index is 13.0. The molecule has 0 saturated carbocycles. The van der Waals surface area contributed by atoms with Gasteiger partial charge in [-0.3, -0.25) is 10.1 Å². The largest absolute Gasteiger partial charge is 0.376 e. The average molecular weight is 400 g/mol. The van der Waals surface area contributed by atoms with Crippen molar-refractivity contribution in [1.82, 2.24) is 4.31 Å². The third kappa shape index (κ3) is 3.58. The highest BCUT2D eigenvalue weighted by Crippen LogP contribution is 2.45. The Labute approximate surface area is 163 Å². The molecule has 2 aromatic carbocycles. The van der Waals surface area contributed by atoms with Gasteiger partial charge in [-0.05, 0) is 24.1 Å². The number of hydrogen-bond donors (Lipinski definition) is 0. The molecule has 0 spiro atoms. The van der Waals surface area contributed by atoms with Crippen LogP contribution in [-0.2, 0) is 21.4 Å². The Morgan fingerprint density at radius 1 is 1.11 bits per heavy atom. The quantitative estimate of drug-likeness (QED) is 0.308. The van der Waals surface area contributed by atoms with E-state index in [1.54, 1.807) is 0 Å². The Balaban J connectivity index is 1.43. The van der Waals surface area contributed by atoms with Crippen LogP contribution in [0.1, 0.15) is 12.0 Å². The van der Waals surface area contributed by atoms with E-state index in [1.165, 1.54) is 28.6 Å². The van der Waals surface area contributed by atoms with E-state index in [1.807, 2.05) is 42.5 Å². The lowest BCUT2D eigenvalue weighted by atomic mass is 9.95. The Morgan fingerprint density at radius 3 is 2.50 bits per heavy atom. The maximum Gasteiger partial charge on any atom is 0.269 e. The molecule has 1 saturated heterocycles. The fraction of sp³-hybridized carbons (Fsp3) is 0.300. The topological polar surface area (TPSA) is 89.5 Å². The van der Waals surface area contributed by atoms with E-state index >= 15 is 0 Å². The van der Waals surface area contributed by atoms with Gasteiger partial charge in [0.25, 0.3) is 5.69 Å². The van der Waals surface area contributed by atoms with Crippen LogP contribution in [0.4, 0.5) is 5.69 Å². The van der Waals surface area contributed by atoms with E-state index in [9.17, 15) is 18.5 Å². The molecule has 4 atom stereocenters. The van der Waals surface area contributed by atoms with Crippen molar-refractivity contribution in [1.29, 1.82) is 0 Å². The van der Waals surface area contributed by atoms with Gasteiger partial charge in [0.2, 0.25) is 10.0 Å². The minimum atomic E-state index is -3.70. The molecule has 1 heterocycles. The summed E-state index contributed by atoms with van der Waals surface area (Å²) in [5.41, 5.74) is 0.950. The van der Waals surface area contributed by atoms with Crippen molar-refractivity contribution in [2.24, 2.45) is 5.92 Å². The number of fused-ring (bicyclic) bond motifs is 1. The number of ether oxygens (including phenoxy) is 1. The fourth-order valence-corrected chi connectivity index (χ4v) is 5.52. The molecule has 1 fully saturated rings. The predicted molar refractivity (Wildman–Crippen MR) is 103 cm³/mol. The Hall–Kier alpha value is -2.55. The molecule has 2 aromatic rings. The summed E-state index contributed by atoms with van der Waals surface area (Å²) in [6, 6.07) is 14.6. The second kappa shape index (κ2) is 7.46. The molecule has 1 aliphatic heterocycles. The number of nitro benzene ring substituents is 1. The molecule has 2 aliphatic rings. The molecule has 8 heteroatoms. The summed E-state index contributed by atoms with van der Waals surface area (Å²) in [5, 5.41) is 10.8. The Bertz CT molecular complexity index is 989. The molecule has 4 rings (SSSR count). The second-order valence-corrected chi connectivity index (χ2v) is 8.83. The van der Waals surface area contributed by atoms with E-state index in [-0.39, 0.29) is 28.6 Å². The number of benzene rings is 2. The van der Waals surface area contributed by atoms with E-state index in [2.05, 4.69) is 0 Å². The van der Waals surface area contributed by atoms with Crippen molar-refractivity contribution in [3.05, 3.63) is 82.4 Å². The van der Waals surface area contributed by atoms with Gasteiger partial charge in [-0.15, -0.1) is 0 Å². The predicted octanol–water partition coefficient (Wildman–Crippen LogP) is 3.13. The van der Waals surface area contributed by atoms with Crippen LogP contribution < -0.4 is 0 Å². The lowest BCUT2D eigenvalue weighted by molar-refractivity contribution is -0.384. The summed E-state index contributed by atoms with van der Waals surface area (Å²) in [5.74, 6) is 0.0894. The van der Waals surface area contributed by atoms with Gasteiger partial charge in [0.15, 0.2) is 0 Å². The molecule has 7 nitrogen and oxygen atoms in total. The second-order valence-electron chi connectivity index (χ2n) is 6.99. The summed E-state index contributed by atoms with van der Waals surface area (Å²) in [6.45, 7) is 0.972. The third-order valence-electron chi connectivity index (χ3n) is 5.17. The summed E-state index contributed by atoms with van der Waals surface area (Å²) < 4.78 is 33.2. The monoisotopic (exact) mass is 400 g/mol. The molecule has 1 aliphatic carbocycles. The van der Waals surface area contributed by atoms with Gasteiger partial charge in [-0.25, -0.2) is 8.42 Å². The van der Waals surface area contributed by atoms with E-state index < -0.39 is 14.9 Å². The van der Waals surface area contributed by atoms with Gasteiger partial charge in [-0.1, -0.05) is 42.5 Å². The van der Waals surface area contributed by atoms with Crippen molar-refractivity contribution in [2.75, 3.05) is 6.61 Å². The average Bonchev–Trinajstić information content (AvgIpc) is 3.45. The van der Waals surface area contributed by atoms with Crippen LogP contribution in [0.2, 0.25) is 0 Å². The number of sulfonamides is 1. The number of rotatable bonds is 7. The smallest absolute Gasteiger partial charge is 0.269 e. The van der Waals surface area contributed by atoms with E-state index in [0.29, 0.717) is 13.2 Å². The number of nitro groups is 1. The SMILES string of the molecule is O=[N+]([O-])c1ccc(S(=O)(=O)N2[C@H]3[C@@H](COCc4ccccc4)CC=C[C@H]32)cc1. The summed E-state index contributed by atoms with van der Waals surface area (Å²) >= 11 is 0. The molecule has 0 N–H and O–H groups in total. The first-order valence-electron chi connectivity index (χ1n) is 9.05. The van der Waals surface area contributed by atoms with Crippen molar-refractivity contribution >= 4 is 15.7 Å². The number of hydrogen-bond acceptors (Lipinski definition) is 5. The van der Waals surface area contributed by atoms with Crippen LogP contribution in [0.15, 0.2) is 71.6 Å². The van der Waals surface area contributed by atoms with Crippen molar-refractivity contribution in [2.45, 2.75) is 30.0 Å². The van der Waals surface area contributed by atoms with Gasteiger partial charge < -0.3 is 4.74 Å². The highest BCUT2D eigenvalue weighted by atomic mass is 32.2. The summed E-state index contributed by atoms with van der Waals surface area (Å²) in [4.78, 5) is 10.3. The van der Waals surface area contributed by atoms with Gasteiger partial charge >= 0.3 is 0 Å². The fourth-order valence-electron chi connectivity index (χ4n) is 3.72. The normalized spacial score (nSPS) is 25.9. The zero-order valence-electron chi connectivity index (χ0n) is 15.0. The molecule has 1 unspecified atom stereocenters. The molecular weight excluding hydrogens is 380 g/mol. The summed E-state index contributed by atoms with van der Waals surface area (Å²) in [7, 11) is -3.70. The van der Waals surface area contributed by atoms with Crippen LogP contribution in [0.3, 0.4) is 0 Å². The lowest BCUT2D eigenvalue weighted by Gasteiger charge is -2.17. The number of nitrogens with zero attached hydrogens (tertiary/aromatic N) is 2. The molecule has 0 amide bonds. The zero-order chi connectivity index (χ0) is 19.7. The van der Waals surface area contributed by atoms with Gasteiger partial charge in [0.05, 0.1) is 35.1 Å². The third-order valence-corrected chi connectivity index (χ3v) is 7.08. The highest BCUT2D eigenvalue weighted by molar-refractivity contribution is 7.89. The Morgan fingerprint density at radius 2 is 1.82 bits per heavy atom. The minimum absolute atomic E-state index is 0.0739. The van der Waals surface area contributed by atoms with Crippen LogP contribution in [-0.4, -0.2) is 36.3 Å². The van der Waals surface area contributed by atoms with Crippen molar-refractivity contribution < 1.29 is 18.1 Å². The molecule has 0 bridgehead atoms. The summed E-state index contributed by atoms with van der Waals surface area (Å²) in [6.07, 6.45) is 4.69. The first-order valence-corrected chi connectivity index (χ1v) is 10.5. The van der Waals surface area contributed by atoms with Gasteiger partial charge in [0.1, 0.15) is 0 Å². The lowest BCUT2D eigenvalue weighted by Crippen LogP contribution is -2.23. The molecular formula is C20H20N2O5S. The standard InChI is InChI=1S/C20H20N2O5S/c23-22(24)17-9-11-18(12-10-17)28(25,26)21-19-8-4-7-16(20(19)21)14-27-13-15-5-2-1-3-6-15/h1-6,8-12,16,19-20H,7,13-14H2/t16-,19-,20+,21?/m1/s1. The van der Waals surface area contributed by atoms with Crippen LogP contribution in [0.25, 0.3) is 0 Å². The molecule has 28 heavy (non-hydrogen) atoms. The molecule has 0 radical (unpaired) electrons. The minimum Gasteiger partial charge on any atom is -0.376 e. The first-order chi connectivity index (χ1) is 13.5. The zero-order valence-corrected chi connectivity index (χ0v) is 15.9. The van der Waals surface area contributed by atoms with Crippen LogP contribution in [0.5, 0.6) is 0 Å². The van der Waals surface area contributed by atoms with Crippen molar-refractivity contribution in [3.63, 3.8) is 0 Å². The van der Waals surface area contributed by atoms with Crippen LogP contribution in [0, 0.1) is 16.0 Å². The van der Waals surface area contributed by atoms with Gasteiger partial charge in [-0.2, -0.15) is 4.31 Å². The molecule has 146 valence electrons. The van der Waals surface area contributed by atoms with E-state index in [0.717, 1.165) is 12.0 Å². The molecule has 0 aromatic heterocycles. The highest BCUT2D eigenvalue weighted by Gasteiger charge is 2.58. The number of allylic oxidation sites excluding steroid dienone is 1. The van der Waals surface area contributed by atoms with E-state index in [4.69, 9.17) is 4.74 Å².